The normalized spacial score (nSPS) is 13.9. The molecule has 0 atom stereocenters. The average molecular weight is 407 g/mol. The Morgan fingerprint density at radius 2 is 2.03 bits per heavy atom. The van der Waals surface area contributed by atoms with Crippen LogP contribution in [0.1, 0.15) is 21.8 Å². The molecule has 0 spiro atoms. The number of halogens is 3. The quantitative estimate of drug-likeness (QED) is 0.511. The highest BCUT2D eigenvalue weighted by molar-refractivity contribution is 6.01. The number of rotatable bonds is 3. The molecule has 8 nitrogen and oxygen atoms in total. The van der Waals surface area contributed by atoms with Gasteiger partial charge in [-0.25, -0.2) is 10.5 Å². The Hall–Kier alpha value is -3.60. The van der Waals surface area contributed by atoms with Crippen molar-refractivity contribution in [1.29, 1.82) is 0 Å². The number of amides is 2. The summed E-state index contributed by atoms with van der Waals surface area (Å²) in [5.41, 5.74) is 1.07. The maximum atomic E-state index is 12.9. The lowest BCUT2D eigenvalue weighted by Gasteiger charge is -2.28. The molecule has 0 radical (unpaired) electrons. The molecular formula is C18H12F3N3O5. The topological polar surface area (TPSA) is 105 Å². The van der Waals surface area contributed by atoms with Crippen LogP contribution in [0.5, 0.6) is 5.75 Å². The van der Waals surface area contributed by atoms with Crippen LogP contribution in [-0.4, -0.2) is 28.6 Å². The van der Waals surface area contributed by atoms with Crippen LogP contribution < -0.4 is 15.1 Å². The van der Waals surface area contributed by atoms with Gasteiger partial charge in [0.1, 0.15) is 17.8 Å². The van der Waals surface area contributed by atoms with Crippen molar-refractivity contribution < 1.29 is 37.1 Å². The molecule has 1 aromatic heterocycles. The van der Waals surface area contributed by atoms with Crippen LogP contribution in [0.4, 0.5) is 18.9 Å². The minimum absolute atomic E-state index is 0.0116. The first-order chi connectivity index (χ1) is 13.8. The van der Waals surface area contributed by atoms with Crippen molar-refractivity contribution in [3.8, 4) is 5.75 Å². The molecule has 4 rings (SSSR count). The van der Waals surface area contributed by atoms with E-state index in [0.29, 0.717) is 5.75 Å². The standard InChI is InChI=1S/C18H12F3N3O5/c19-18(20,21)10-2-3-11-14(6-10)29-15(22-11)7-24-12-5-9(17(26)23-27)1-4-13(12)28-8-16(24)25/h1-6,27H,7-8H2,(H,23,26). The zero-order valence-corrected chi connectivity index (χ0v) is 14.5. The third-order valence-corrected chi connectivity index (χ3v) is 4.32. The maximum Gasteiger partial charge on any atom is 0.416 e. The number of ether oxygens (including phenoxy) is 1. The molecule has 2 heterocycles. The van der Waals surface area contributed by atoms with Crippen molar-refractivity contribution in [2.45, 2.75) is 12.7 Å². The number of oxazole rings is 1. The highest BCUT2D eigenvalue weighted by Gasteiger charge is 2.32. The summed E-state index contributed by atoms with van der Waals surface area (Å²) in [6.45, 7) is -0.452. The van der Waals surface area contributed by atoms with Crippen LogP contribution in [0, 0.1) is 0 Å². The second-order valence-electron chi connectivity index (χ2n) is 6.18. The number of carbonyl (C=O) groups excluding carboxylic acids is 2. The summed E-state index contributed by atoms with van der Waals surface area (Å²) in [6.07, 6.45) is -4.52. The van der Waals surface area contributed by atoms with Crippen LogP contribution in [0.15, 0.2) is 40.8 Å². The van der Waals surface area contributed by atoms with Crippen LogP contribution in [0.3, 0.4) is 0 Å². The Labute approximate surface area is 160 Å². The number of anilines is 1. The van der Waals surface area contributed by atoms with E-state index < -0.39 is 23.6 Å². The van der Waals surface area contributed by atoms with Crippen LogP contribution in [0.2, 0.25) is 0 Å². The van der Waals surface area contributed by atoms with Gasteiger partial charge in [0.25, 0.3) is 11.8 Å². The van der Waals surface area contributed by atoms with E-state index in [1.54, 1.807) is 0 Å². The second kappa shape index (κ2) is 6.78. The lowest BCUT2D eigenvalue weighted by molar-refractivity contribution is -0.137. The van der Waals surface area contributed by atoms with Gasteiger partial charge in [-0.3, -0.25) is 19.7 Å². The summed E-state index contributed by atoms with van der Waals surface area (Å²) < 4.78 is 49.3. The van der Waals surface area contributed by atoms with Gasteiger partial charge < -0.3 is 9.15 Å². The molecule has 0 aliphatic carbocycles. The number of aromatic nitrogens is 1. The van der Waals surface area contributed by atoms with Crippen molar-refractivity contribution >= 4 is 28.6 Å². The van der Waals surface area contributed by atoms with Crippen molar-refractivity contribution in [2.75, 3.05) is 11.5 Å². The number of carbonyl (C=O) groups is 2. The van der Waals surface area contributed by atoms with Gasteiger partial charge in [0.2, 0.25) is 5.89 Å². The van der Waals surface area contributed by atoms with Crippen molar-refractivity contribution in [3.05, 3.63) is 53.4 Å². The number of benzene rings is 2. The third kappa shape index (κ3) is 3.47. The van der Waals surface area contributed by atoms with Crippen LogP contribution in [-0.2, 0) is 17.5 Å². The lowest BCUT2D eigenvalue weighted by atomic mass is 10.1. The molecule has 29 heavy (non-hydrogen) atoms. The van der Waals surface area contributed by atoms with Crippen molar-refractivity contribution in [1.82, 2.24) is 10.5 Å². The molecule has 1 aliphatic rings. The molecule has 2 aromatic carbocycles. The fourth-order valence-electron chi connectivity index (χ4n) is 2.93. The fraction of sp³-hybridized carbons (Fsp3) is 0.167. The van der Waals surface area contributed by atoms with Gasteiger partial charge in [-0.05, 0) is 36.4 Å². The van der Waals surface area contributed by atoms with Gasteiger partial charge in [0.05, 0.1) is 11.3 Å². The molecule has 0 fully saturated rings. The average Bonchev–Trinajstić information content (AvgIpc) is 3.10. The van der Waals surface area contributed by atoms with Crippen molar-refractivity contribution in [2.24, 2.45) is 0 Å². The van der Waals surface area contributed by atoms with Gasteiger partial charge in [-0.2, -0.15) is 13.2 Å². The minimum Gasteiger partial charge on any atom is -0.482 e. The Morgan fingerprint density at radius 3 is 2.76 bits per heavy atom. The molecule has 0 bridgehead atoms. The first kappa shape index (κ1) is 18.7. The van der Waals surface area contributed by atoms with E-state index in [-0.39, 0.29) is 41.4 Å². The Bertz CT molecular complexity index is 1130. The number of fused-ring (bicyclic) bond motifs is 2. The summed E-state index contributed by atoms with van der Waals surface area (Å²) in [5.74, 6) is -0.920. The van der Waals surface area contributed by atoms with E-state index in [1.807, 2.05) is 0 Å². The largest absolute Gasteiger partial charge is 0.482 e. The molecule has 0 unspecified atom stereocenters. The van der Waals surface area contributed by atoms with Gasteiger partial charge in [0.15, 0.2) is 12.2 Å². The summed E-state index contributed by atoms with van der Waals surface area (Å²) >= 11 is 0. The predicted molar refractivity (Wildman–Crippen MR) is 91.4 cm³/mol. The SMILES string of the molecule is O=C(NO)c1ccc2c(c1)N(Cc1nc3ccc(C(F)(F)F)cc3o1)C(=O)CO2. The predicted octanol–water partition coefficient (Wildman–Crippen LogP) is 2.89. The zero-order valence-electron chi connectivity index (χ0n) is 14.5. The minimum atomic E-state index is -4.52. The number of nitrogens with one attached hydrogen (secondary N) is 1. The number of hydrogen-bond acceptors (Lipinski definition) is 6. The number of alkyl halides is 3. The number of hydroxylamine groups is 1. The van der Waals surface area contributed by atoms with E-state index in [9.17, 15) is 22.8 Å². The van der Waals surface area contributed by atoms with Gasteiger partial charge in [-0.1, -0.05) is 0 Å². The summed E-state index contributed by atoms with van der Waals surface area (Å²) in [5, 5.41) is 8.79. The molecule has 0 saturated carbocycles. The molecule has 1 aliphatic heterocycles. The van der Waals surface area contributed by atoms with E-state index in [0.717, 1.165) is 12.1 Å². The second-order valence-corrected chi connectivity index (χ2v) is 6.18. The monoisotopic (exact) mass is 407 g/mol. The van der Waals surface area contributed by atoms with E-state index in [4.69, 9.17) is 14.4 Å². The molecule has 3 aromatic rings. The van der Waals surface area contributed by atoms with Crippen LogP contribution >= 0.6 is 0 Å². The zero-order chi connectivity index (χ0) is 20.8. The fourth-order valence-corrected chi connectivity index (χ4v) is 2.93. The third-order valence-electron chi connectivity index (χ3n) is 4.32. The molecule has 150 valence electrons. The Morgan fingerprint density at radius 1 is 1.24 bits per heavy atom. The van der Waals surface area contributed by atoms with E-state index >= 15 is 0 Å². The lowest BCUT2D eigenvalue weighted by Crippen LogP contribution is -2.38. The highest BCUT2D eigenvalue weighted by Crippen LogP contribution is 2.35. The molecule has 2 N–H and O–H groups in total. The summed E-state index contributed by atoms with van der Waals surface area (Å²) in [4.78, 5) is 29.4. The Balaban J connectivity index is 1.69. The number of hydrogen-bond donors (Lipinski definition) is 2. The van der Waals surface area contributed by atoms with E-state index in [1.165, 1.54) is 34.6 Å². The van der Waals surface area contributed by atoms with Gasteiger partial charge >= 0.3 is 6.18 Å². The first-order valence-corrected chi connectivity index (χ1v) is 8.24. The number of nitrogens with zero attached hydrogens (tertiary/aromatic N) is 2. The summed E-state index contributed by atoms with van der Waals surface area (Å²) in [6, 6.07) is 7.11. The molecule has 0 saturated heterocycles. The first-order valence-electron chi connectivity index (χ1n) is 8.24. The molecule has 2 amide bonds. The van der Waals surface area contributed by atoms with Crippen molar-refractivity contribution in [3.63, 3.8) is 0 Å². The van der Waals surface area contributed by atoms with Gasteiger partial charge in [-0.15, -0.1) is 0 Å². The summed E-state index contributed by atoms with van der Waals surface area (Å²) in [7, 11) is 0. The highest BCUT2D eigenvalue weighted by atomic mass is 19.4. The Kier molecular flexibility index (Phi) is 4.38. The van der Waals surface area contributed by atoms with E-state index in [2.05, 4.69) is 4.98 Å². The maximum absolute atomic E-state index is 12.9. The molecule has 11 heteroatoms. The molecular weight excluding hydrogens is 395 g/mol. The van der Waals surface area contributed by atoms with Gasteiger partial charge in [0, 0.05) is 5.56 Å². The van der Waals surface area contributed by atoms with Crippen LogP contribution in [0.25, 0.3) is 11.1 Å². The smallest absolute Gasteiger partial charge is 0.416 e.